The molecule has 0 fully saturated rings. The summed E-state index contributed by atoms with van der Waals surface area (Å²) in [7, 11) is 0. The standard InChI is InChI=1S/C18H20N4O3/c1-11-4-5-12(2)15(8-11)22-17(23)7-6-14(21-22)18(24)19-9-16-13(3)20-10-25-16/h4-5,8,10H,6-7,9H2,1-3H3,(H,19,24). The van der Waals surface area contributed by atoms with Gasteiger partial charge in [-0.05, 0) is 38.0 Å². The van der Waals surface area contributed by atoms with Crippen LogP contribution in [0.15, 0.2) is 34.1 Å². The zero-order valence-electron chi connectivity index (χ0n) is 14.5. The van der Waals surface area contributed by atoms with Crippen LogP contribution in [0.1, 0.15) is 35.4 Å². The molecule has 3 rings (SSSR count). The number of rotatable bonds is 4. The highest BCUT2D eigenvalue weighted by atomic mass is 16.3. The molecule has 7 nitrogen and oxygen atoms in total. The van der Waals surface area contributed by atoms with Crippen LogP contribution in [-0.2, 0) is 16.1 Å². The van der Waals surface area contributed by atoms with Gasteiger partial charge in [-0.2, -0.15) is 5.10 Å². The van der Waals surface area contributed by atoms with E-state index < -0.39 is 0 Å². The van der Waals surface area contributed by atoms with Crippen LogP contribution in [0.2, 0.25) is 0 Å². The van der Waals surface area contributed by atoms with Gasteiger partial charge in [0.15, 0.2) is 6.39 Å². The van der Waals surface area contributed by atoms with Gasteiger partial charge in [0.2, 0.25) is 5.91 Å². The molecule has 0 bridgehead atoms. The molecule has 2 aromatic rings. The smallest absolute Gasteiger partial charge is 0.267 e. The van der Waals surface area contributed by atoms with Gasteiger partial charge in [-0.15, -0.1) is 0 Å². The zero-order valence-corrected chi connectivity index (χ0v) is 14.5. The van der Waals surface area contributed by atoms with Crippen molar-refractivity contribution in [3.05, 3.63) is 47.2 Å². The molecule has 0 spiro atoms. The average molecular weight is 340 g/mol. The summed E-state index contributed by atoms with van der Waals surface area (Å²) < 4.78 is 5.21. The predicted molar refractivity (Wildman–Crippen MR) is 93.2 cm³/mol. The number of anilines is 1. The van der Waals surface area contributed by atoms with Crippen LogP contribution < -0.4 is 10.3 Å². The van der Waals surface area contributed by atoms with Crippen molar-refractivity contribution in [2.24, 2.45) is 5.10 Å². The summed E-state index contributed by atoms with van der Waals surface area (Å²) in [5.41, 5.74) is 3.74. The van der Waals surface area contributed by atoms with E-state index in [0.29, 0.717) is 23.6 Å². The topological polar surface area (TPSA) is 87.8 Å². The average Bonchev–Trinajstić information content (AvgIpc) is 3.00. The van der Waals surface area contributed by atoms with E-state index in [4.69, 9.17) is 4.42 Å². The first kappa shape index (κ1) is 16.9. The number of aromatic nitrogens is 1. The van der Waals surface area contributed by atoms with E-state index in [1.54, 1.807) is 0 Å². The molecule has 25 heavy (non-hydrogen) atoms. The lowest BCUT2D eigenvalue weighted by atomic mass is 10.1. The van der Waals surface area contributed by atoms with E-state index in [1.807, 2.05) is 39.0 Å². The second-order valence-electron chi connectivity index (χ2n) is 6.09. The normalized spacial score (nSPS) is 14.4. The van der Waals surface area contributed by atoms with E-state index in [2.05, 4.69) is 15.4 Å². The largest absolute Gasteiger partial charge is 0.446 e. The summed E-state index contributed by atoms with van der Waals surface area (Å²) in [5.74, 6) is 0.183. The molecule has 1 N–H and O–H groups in total. The maximum Gasteiger partial charge on any atom is 0.267 e. The van der Waals surface area contributed by atoms with E-state index in [9.17, 15) is 9.59 Å². The van der Waals surface area contributed by atoms with Gasteiger partial charge in [0, 0.05) is 12.8 Å². The number of carbonyl (C=O) groups is 2. The second kappa shape index (κ2) is 6.88. The highest BCUT2D eigenvalue weighted by molar-refractivity contribution is 6.40. The van der Waals surface area contributed by atoms with E-state index in [-0.39, 0.29) is 24.8 Å². The molecule has 0 atom stereocenters. The number of amides is 2. The number of nitrogens with one attached hydrogen (secondary N) is 1. The minimum absolute atomic E-state index is 0.115. The highest BCUT2D eigenvalue weighted by Gasteiger charge is 2.26. The molecule has 2 amide bonds. The van der Waals surface area contributed by atoms with Crippen LogP contribution in [0.25, 0.3) is 0 Å². The SMILES string of the molecule is Cc1ccc(C)c(N2N=C(C(=O)NCc3ocnc3C)CCC2=O)c1. The highest BCUT2D eigenvalue weighted by Crippen LogP contribution is 2.25. The van der Waals surface area contributed by atoms with E-state index in [1.165, 1.54) is 11.4 Å². The summed E-state index contributed by atoms with van der Waals surface area (Å²) in [6.45, 7) is 5.91. The Balaban J connectivity index is 1.79. The van der Waals surface area contributed by atoms with Gasteiger partial charge >= 0.3 is 0 Å². The Labute approximate surface area is 145 Å². The van der Waals surface area contributed by atoms with Gasteiger partial charge in [-0.25, -0.2) is 9.99 Å². The fourth-order valence-corrected chi connectivity index (χ4v) is 2.61. The van der Waals surface area contributed by atoms with E-state index >= 15 is 0 Å². The number of aryl methyl sites for hydroxylation is 3. The number of hydrogen-bond donors (Lipinski definition) is 1. The zero-order chi connectivity index (χ0) is 18.0. The Bertz CT molecular complexity index is 854. The molecule has 1 aliphatic heterocycles. The van der Waals surface area contributed by atoms with Crippen molar-refractivity contribution >= 4 is 23.2 Å². The Hall–Kier alpha value is -2.96. The van der Waals surface area contributed by atoms with Crippen LogP contribution in [-0.4, -0.2) is 22.5 Å². The monoisotopic (exact) mass is 340 g/mol. The van der Waals surface area contributed by atoms with Crippen molar-refractivity contribution < 1.29 is 14.0 Å². The van der Waals surface area contributed by atoms with Crippen LogP contribution in [0, 0.1) is 20.8 Å². The summed E-state index contributed by atoms with van der Waals surface area (Å²) in [6, 6.07) is 5.81. The Kier molecular flexibility index (Phi) is 4.65. The fraction of sp³-hybridized carbons (Fsp3) is 0.333. The Morgan fingerprint density at radius 2 is 2.08 bits per heavy atom. The van der Waals surface area contributed by atoms with Crippen molar-refractivity contribution in [1.82, 2.24) is 10.3 Å². The molecular weight excluding hydrogens is 320 g/mol. The lowest BCUT2D eigenvalue weighted by Gasteiger charge is -2.24. The summed E-state index contributed by atoms with van der Waals surface area (Å²) in [4.78, 5) is 28.7. The molecule has 0 saturated heterocycles. The maximum absolute atomic E-state index is 12.4. The quantitative estimate of drug-likeness (QED) is 0.926. The molecular formula is C18H20N4O3. The lowest BCUT2D eigenvalue weighted by Crippen LogP contribution is -2.39. The third kappa shape index (κ3) is 3.60. The number of oxazole rings is 1. The molecule has 2 heterocycles. The molecule has 130 valence electrons. The number of nitrogens with zero attached hydrogens (tertiary/aromatic N) is 3. The molecule has 0 unspecified atom stereocenters. The van der Waals surface area contributed by atoms with Crippen molar-refractivity contribution in [3.8, 4) is 0 Å². The van der Waals surface area contributed by atoms with Crippen LogP contribution in [0.3, 0.4) is 0 Å². The van der Waals surface area contributed by atoms with Crippen molar-refractivity contribution in [1.29, 1.82) is 0 Å². The Morgan fingerprint density at radius 3 is 2.80 bits per heavy atom. The third-order valence-corrected chi connectivity index (χ3v) is 4.14. The first-order valence-electron chi connectivity index (χ1n) is 8.10. The van der Waals surface area contributed by atoms with E-state index in [0.717, 1.165) is 16.8 Å². The van der Waals surface area contributed by atoms with Crippen molar-refractivity contribution in [2.75, 3.05) is 5.01 Å². The van der Waals surface area contributed by atoms with Gasteiger partial charge in [0.05, 0.1) is 17.9 Å². The first-order valence-corrected chi connectivity index (χ1v) is 8.10. The summed E-state index contributed by atoms with van der Waals surface area (Å²) in [6.07, 6.45) is 1.91. The minimum atomic E-state index is -0.307. The molecule has 1 aliphatic rings. The summed E-state index contributed by atoms with van der Waals surface area (Å²) >= 11 is 0. The number of hydrazone groups is 1. The molecule has 1 aromatic carbocycles. The lowest BCUT2D eigenvalue weighted by molar-refractivity contribution is -0.119. The first-order chi connectivity index (χ1) is 12.0. The number of benzene rings is 1. The molecule has 7 heteroatoms. The minimum Gasteiger partial charge on any atom is -0.446 e. The molecule has 0 saturated carbocycles. The fourth-order valence-electron chi connectivity index (χ4n) is 2.61. The second-order valence-corrected chi connectivity index (χ2v) is 6.09. The van der Waals surface area contributed by atoms with Gasteiger partial charge in [0.1, 0.15) is 11.5 Å². The summed E-state index contributed by atoms with van der Waals surface area (Å²) in [5, 5.41) is 8.40. The van der Waals surface area contributed by atoms with Gasteiger partial charge in [0.25, 0.3) is 5.91 Å². The van der Waals surface area contributed by atoms with Crippen LogP contribution in [0.5, 0.6) is 0 Å². The third-order valence-electron chi connectivity index (χ3n) is 4.14. The maximum atomic E-state index is 12.4. The van der Waals surface area contributed by atoms with Crippen molar-refractivity contribution in [2.45, 2.75) is 40.2 Å². The molecule has 1 aromatic heterocycles. The predicted octanol–water partition coefficient (Wildman–Crippen LogP) is 2.40. The van der Waals surface area contributed by atoms with Crippen LogP contribution >= 0.6 is 0 Å². The van der Waals surface area contributed by atoms with Crippen LogP contribution in [0.4, 0.5) is 5.69 Å². The van der Waals surface area contributed by atoms with Gasteiger partial charge < -0.3 is 9.73 Å². The van der Waals surface area contributed by atoms with Gasteiger partial charge in [-0.3, -0.25) is 9.59 Å². The number of carbonyl (C=O) groups excluding carboxylic acids is 2. The molecule has 0 aliphatic carbocycles. The Morgan fingerprint density at radius 1 is 1.28 bits per heavy atom. The van der Waals surface area contributed by atoms with Gasteiger partial charge in [-0.1, -0.05) is 12.1 Å². The number of hydrogen-bond acceptors (Lipinski definition) is 5. The van der Waals surface area contributed by atoms with Crippen molar-refractivity contribution in [3.63, 3.8) is 0 Å². The molecule has 0 radical (unpaired) electrons.